The molecule has 0 unspecified atom stereocenters. The van der Waals surface area contributed by atoms with Gasteiger partial charge in [0.25, 0.3) is 5.91 Å². The topological polar surface area (TPSA) is 80.3 Å². The molecule has 1 aliphatic rings. The van der Waals surface area contributed by atoms with E-state index in [1.165, 1.54) is 19.0 Å². The predicted octanol–water partition coefficient (Wildman–Crippen LogP) is 1.66. The van der Waals surface area contributed by atoms with E-state index in [9.17, 15) is 9.59 Å². The molecule has 2 N–H and O–H groups in total. The number of nitrogens with one attached hydrogen (secondary N) is 2. The van der Waals surface area contributed by atoms with Crippen molar-refractivity contribution >= 4 is 11.8 Å². The Hall–Kier alpha value is -2.11. The van der Waals surface area contributed by atoms with Crippen molar-refractivity contribution in [3.8, 4) is 5.88 Å². The van der Waals surface area contributed by atoms with Gasteiger partial charge in [0.15, 0.2) is 0 Å². The highest BCUT2D eigenvalue weighted by Crippen LogP contribution is 2.17. The van der Waals surface area contributed by atoms with Crippen molar-refractivity contribution in [1.29, 1.82) is 0 Å². The first-order chi connectivity index (χ1) is 10.7. The third-order valence-corrected chi connectivity index (χ3v) is 3.65. The lowest BCUT2D eigenvalue weighted by Gasteiger charge is -2.12. The first-order valence-electron chi connectivity index (χ1n) is 7.85. The SMILES string of the molecule is CCOc1ccc(C(=O)NCCC(=O)NC2CCCC2)cn1. The second-order valence-corrected chi connectivity index (χ2v) is 5.37. The average molecular weight is 305 g/mol. The molecule has 1 saturated carbocycles. The first kappa shape index (κ1) is 16.3. The van der Waals surface area contributed by atoms with Crippen molar-refractivity contribution in [2.45, 2.75) is 45.1 Å². The van der Waals surface area contributed by atoms with Gasteiger partial charge >= 0.3 is 0 Å². The monoisotopic (exact) mass is 305 g/mol. The van der Waals surface area contributed by atoms with Crippen LogP contribution >= 0.6 is 0 Å². The Morgan fingerprint density at radius 3 is 2.73 bits per heavy atom. The quantitative estimate of drug-likeness (QED) is 0.803. The molecule has 2 rings (SSSR count). The van der Waals surface area contributed by atoms with Gasteiger partial charge in [-0.2, -0.15) is 0 Å². The fourth-order valence-electron chi connectivity index (χ4n) is 2.51. The van der Waals surface area contributed by atoms with Gasteiger partial charge in [0.05, 0.1) is 12.2 Å². The number of ether oxygens (including phenoxy) is 1. The summed E-state index contributed by atoms with van der Waals surface area (Å²) in [5.74, 6) is 0.260. The zero-order valence-electron chi connectivity index (χ0n) is 12.9. The van der Waals surface area contributed by atoms with Crippen LogP contribution in [0.15, 0.2) is 18.3 Å². The molecule has 22 heavy (non-hydrogen) atoms. The van der Waals surface area contributed by atoms with E-state index in [0.717, 1.165) is 12.8 Å². The number of hydrogen-bond acceptors (Lipinski definition) is 4. The van der Waals surface area contributed by atoms with E-state index in [1.54, 1.807) is 12.1 Å². The van der Waals surface area contributed by atoms with Crippen LogP contribution in [0.4, 0.5) is 0 Å². The van der Waals surface area contributed by atoms with Crippen molar-refractivity contribution in [3.05, 3.63) is 23.9 Å². The maximum atomic E-state index is 11.9. The molecule has 0 bridgehead atoms. The van der Waals surface area contributed by atoms with E-state index in [2.05, 4.69) is 15.6 Å². The Morgan fingerprint density at radius 2 is 2.09 bits per heavy atom. The molecule has 1 aromatic rings. The summed E-state index contributed by atoms with van der Waals surface area (Å²) in [5.41, 5.74) is 0.458. The smallest absolute Gasteiger partial charge is 0.252 e. The zero-order valence-corrected chi connectivity index (χ0v) is 12.9. The first-order valence-corrected chi connectivity index (χ1v) is 7.85. The molecule has 2 amide bonds. The number of aromatic nitrogens is 1. The molecule has 6 nitrogen and oxygen atoms in total. The highest BCUT2D eigenvalue weighted by Gasteiger charge is 2.16. The van der Waals surface area contributed by atoms with Crippen molar-refractivity contribution < 1.29 is 14.3 Å². The van der Waals surface area contributed by atoms with Crippen LogP contribution in [0.25, 0.3) is 0 Å². The maximum Gasteiger partial charge on any atom is 0.252 e. The summed E-state index contributed by atoms with van der Waals surface area (Å²) < 4.78 is 5.22. The number of amides is 2. The largest absolute Gasteiger partial charge is 0.478 e. The molecule has 0 aliphatic heterocycles. The molecule has 1 heterocycles. The molecule has 120 valence electrons. The summed E-state index contributed by atoms with van der Waals surface area (Å²) in [5, 5.41) is 5.72. The van der Waals surface area contributed by atoms with Gasteiger partial charge in [-0.25, -0.2) is 4.98 Å². The second kappa shape index (κ2) is 8.36. The van der Waals surface area contributed by atoms with E-state index >= 15 is 0 Å². The highest BCUT2D eigenvalue weighted by atomic mass is 16.5. The van der Waals surface area contributed by atoms with Gasteiger partial charge in [0, 0.05) is 31.3 Å². The molecule has 6 heteroatoms. The molecule has 0 aromatic carbocycles. The Balaban J connectivity index is 1.69. The maximum absolute atomic E-state index is 11.9. The Bertz CT molecular complexity index is 496. The normalized spacial score (nSPS) is 14.6. The number of hydrogen-bond donors (Lipinski definition) is 2. The van der Waals surface area contributed by atoms with Gasteiger partial charge in [0.1, 0.15) is 0 Å². The number of carbonyl (C=O) groups excluding carboxylic acids is 2. The van der Waals surface area contributed by atoms with Gasteiger partial charge < -0.3 is 15.4 Å². The average Bonchev–Trinajstić information content (AvgIpc) is 3.01. The fourth-order valence-corrected chi connectivity index (χ4v) is 2.51. The van der Waals surface area contributed by atoms with E-state index in [1.807, 2.05) is 6.92 Å². The van der Waals surface area contributed by atoms with Gasteiger partial charge in [-0.15, -0.1) is 0 Å². The summed E-state index contributed by atoms with van der Waals surface area (Å²) in [6.07, 6.45) is 6.27. The van der Waals surface area contributed by atoms with Crippen LogP contribution in [-0.4, -0.2) is 36.0 Å². The standard InChI is InChI=1S/C16H23N3O3/c1-2-22-15-8-7-12(11-18-15)16(21)17-10-9-14(20)19-13-5-3-4-6-13/h7-8,11,13H,2-6,9-10H2,1H3,(H,17,21)(H,19,20). The minimum Gasteiger partial charge on any atom is -0.478 e. The van der Waals surface area contributed by atoms with Crippen LogP contribution in [0.5, 0.6) is 5.88 Å². The summed E-state index contributed by atoms with van der Waals surface area (Å²) in [4.78, 5) is 27.7. The molecule has 1 aliphatic carbocycles. The Labute approximate surface area is 130 Å². The molecule has 1 fully saturated rings. The third-order valence-electron chi connectivity index (χ3n) is 3.65. The zero-order chi connectivity index (χ0) is 15.8. The van der Waals surface area contributed by atoms with Crippen LogP contribution in [-0.2, 0) is 4.79 Å². The van der Waals surface area contributed by atoms with E-state index in [4.69, 9.17) is 4.74 Å². The lowest BCUT2D eigenvalue weighted by molar-refractivity contribution is -0.121. The number of pyridine rings is 1. The second-order valence-electron chi connectivity index (χ2n) is 5.37. The third kappa shape index (κ3) is 5.02. The molecule has 0 radical (unpaired) electrons. The van der Waals surface area contributed by atoms with Crippen molar-refractivity contribution in [1.82, 2.24) is 15.6 Å². The lowest BCUT2D eigenvalue weighted by Crippen LogP contribution is -2.35. The summed E-state index contributed by atoms with van der Waals surface area (Å²) in [6, 6.07) is 3.63. The lowest BCUT2D eigenvalue weighted by atomic mass is 10.2. The van der Waals surface area contributed by atoms with E-state index < -0.39 is 0 Å². The summed E-state index contributed by atoms with van der Waals surface area (Å²) in [7, 11) is 0. The van der Waals surface area contributed by atoms with Crippen LogP contribution in [0, 0.1) is 0 Å². The van der Waals surface area contributed by atoms with E-state index in [-0.39, 0.29) is 11.8 Å². The summed E-state index contributed by atoms with van der Waals surface area (Å²) in [6.45, 7) is 2.73. The molecular formula is C16H23N3O3. The molecule has 1 aromatic heterocycles. The van der Waals surface area contributed by atoms with Crippen LogP contribution in [0.2, 0.25) is 0 Å². The summed E-state index contributed by atoms with van der Waals surface area (Å²) >= 11 is 0. The van der Waals surface area contributed by atoms with Crippen LogP contribution in [0.3, 0.4) is 0 Å². The Morgan fingerprint density at radius 1 is 1.32 bits per heavy atom. The van der Waals surface area contributed by atoms with Crippen molar-refractivity contribution in [2.24, 2.45) is 0 Å². The van der Waals surface area contributed by atoms with Crippen molar-refractivity contribution in [2.75, 3.05) is 13.2 Å². The Kier molecular flexibility index (Phi) is 6.18. The van der Waals surface area contributed by atoms with Gasteiger partial charge in [-0.3, -0.25) is 9.59 Å². The minimum absolute atomic E-state index is 0.00276. The van der Waals surface area contributed by atoms with Crippen molar-refractivity contribution in [3.63, 3.8) is 0 Å². The predicted molar refractivity (Wildman–Crippen MR) is 82.8 cm³/mol. The number of nitrogens with zero attached hydrogens (tertiary/aromatic N) is 1. The molecular weight excluding hydrogens is 282 g/mol. The molecule has 0 spiro atoms. The fraction of sp³-hybridized carbons (Fsp3) is 0.562. The van der Waals surface area contributed by atoms with Gasteiger partial charge in [-0.05, 0) is 25.8 Å². The number of rotatable bonds is 7. The molecule has 0 saturated heterocycles. The van der Waals surface area contributed by atoms with E-state index in [0.29, 0.717) is 37.1 Å². The number of carbonyl (C=O) groups is 2. The highest BCUT2D eigenvalue weighted by molar-refractivity contribution is 5.94. The van der Waals surface area contributed by atoms with Crippen LogP contribution in [0.1, 0.15) is 49.4 Å². The van der Waals surface area contributed by atoms with Crippen LogP contribution < -0.4 is 15.4 Å². The van der Waals surface area contributed by atoms with Gasteiger partial charge in [0.2, 0.25) is 11.8 Å². The molecule has 0 atom stereocenters. The minimum atomic E-state index is -0.232. The van der Waals surface area contributed by atoms with Gasteiger partial charge in [-0.1, -0.05) is 12.8 Å².